The Labute approximate surface area is 144 Å². The smallest absolute Gasteiger partial charge is 0.130 e. The molecular formula is C20H27NO3. The van der Waals surface area contributed by atoms with Gasteiger partial charge in [0.25, 0.3) is 0 Å². The van der Waals surface area contributed by atoms with Gasteiger partial charge in [0.2, 0.25) is 0 Å². The van der Waals surface area contributed by atoms with Gasteiger partial charge < -0.3 is 20.3 Å². The fourth-order valence-electron chi connectivity index (χ4n) is 2.87. The van der Waals surface area contributed by atoms with Crippen molar-refractivity contribution in [2.24, 2.45) is 11.1 Å². The van der Waals surface area contributed by atoms with Gasteiger partial charge in [0.1, 0.15) is 17.1 Å². The molecule has 0 bridgehead atoms. The van der Waals surface area contributed by atoms with Crippen LogP contribution in [0.15, 0.2) is 48.5 Å². The summed E-state index contributed by atoms with van der Waals surface area (Å²) in [6.45, 7) is 6.05. The summed E-state index contributed by atoms with van der Waals surface area (Å²) >= 11 is 0. The first-order valence-corrected chi connectivity index (χ1v) is 8.00. The van der Waals surface area contributed by atoms with Crippen LogP contribution in [-0.4, -0.2) is 25.4 Å². The van der Waals surface area contributed by atoms with E-state index in [0.717, 1.165) is 0 Å². The first-order chi connectivity index (χ1) is 11.2. The van der Waals surface area contributed by atoms with Crippen LogP contribution in [0.5, 0.6) is 11.5 Å². The van der Waals surface area contributed by atoms with Crippen molar-refractivity contribution in [3.63, 3.8) is 0 Å². The summed E-state index contributed by atoms with van der Waals surface area (Å²) in [6.07, 6.45) is 0. The molecule has 0 heterocycles. The molecule has 1 atom stereocenters. The number of nitrogens with two attached hydrogens (primary N) is 1. The molecule has 0 spiro atoms. The van der Waals surface area contributed by atoms with Crippen LogP contribution in [0.1, 0.15) is 31.9 Å². The lowest BCUT2D eigenvalue weighted by Gasteiger charge is -2.42. The van der Waals surface area contributed by atoms with E-state index in [1.54, 1.807) is 14.2 Å². The Kier molecular flexibility index (Phi) is 5.21. The molecular weight excluding hydrogens is 302 g/mol. The molecule has 0 aliphatic carbocycles. The standard InChI is InChI=1S/C20H27NO3/c1-19(2,3)18(21)20(22,14-8-6-10-16(12-14)23-4)15-9-7-11-17(13-15)24-5/h6-13,18,22H,21H2,1-5H3/t18-/m1/s1. The third kappa shape index (κ3) is 3.40. The van der Waals surface area contributed by atoms with Crippen LogP contribution in [0, 0.1) is 5.41 Å². The number of methoxy groups -OCH3 is 2. The summed E-state index contributed by atoms with van der Waals surface area (Å²) in [7, 11) is 3.21. The van der Waals surface area contributed by atoms with Gasteiger partial charge in [-0.3, -0.25) is 0 Å². The maximum absolute atomic E-state index is 11.8. The highest BCUT2D eigenvalue weighted by Crippen LogP contribution is 2.41. The summed E-state index contributed by atoms with van der Waals surface area (Å²) in [5.41, 5.74) is 6.24. The van der Waals surface area contributed by atoms with Gasteiger partial charge >= 0.3 is 0 Å². The molecule has 0 aliphatic heterocycles. The molecule has 0 aliphatic rings. The molecule has 2 aromatic rings. The van der Waals surface area contributed by atoms with Gasteiger partial charge in [-0.1, -0.05) is 45.0 Å². The van der Waals surface area contributed by atoms with Crippen LogP contribution >= 0.6 is 0 Å². The lowest BCUT2D eigenvalue weighted by molar-refractivity contribution is 0.0108. The highest BCUT2D eigenvalue weighted by Gasteiger charge is 2.44. The van der Waals surface area contributed by atoms with E-state index in [2.05, 4.69) is 0 Å². The Morgan fingerprint density at radius 3 is 1.62 bits per heavy atom. The third-order valence-electron chi connectivity index (χ3n) is 4.40. The molecule has 0 fully saturated rings. The molecule has 0 aromatic heterocycles. The van der Waals surface area contributed by atoms with Gasteiger partial charge in [0.15, 0.2) is 0 Å². The summed E-state index contributed by atoms with van der Waals surface area (Å²) in [5.74, 6) is 1.35. The number of hydrogen-bond donors (Lipinski definition) is 2. The number of rotatable bonds is 5. The molecule has 0 unspecified atom stereocenters. The Morgan fingerprint density at radius 1 is 0.875 bits per heavy atom. The Balaban J connectivity index is 2.69. The average molecular weight is 329 g/mol. The minimum absolute atomic E-state index is 0.319. The van der Waals surface area contributed by atoms with Crippen LogP contribution in [0.25, 0.3) is 0 Å². The van der Waals surface area contributed by atoms with Crippen molar-refractivity contribution in [3.05, 3.63) is 59.7 Å². The normalized spacial score (nSPS) is 13.5. The second kappa shape index (κ2) is 6.83. The van der Waals surface area contributed by atoms with E-state index < -0.39 is 11.6 Å². The van der Waals surface area contributed by atoms with E-state index in [-0.39, 0.29) is 5.41 Å². The highest BCUT2D eigenvalue weighted by molar-refractivity contribution is 5.44. The SMILES string of the molecule is COc1cccc(C(O)(c2cccc(OC)c2)[C@H](N)C(C)(C)C)c1. The fraction of sp³-hybridized carbons (Fsp3) is 0.400. The van der Waals surface area contributed by atoms with E-state index in [0.29, 0.717) is 22.6 Å². The first kappa shape index (κ1) is 18.3. The van der Waals surface area contributed by atoms with Gasteiger partial charge in [-0.15, -0.1) is 0 Å². The molecule has 0 saturated heterocycles. The second-order valence-corrected chi connectivity index (χ2v) is 7.07. The minimum Gasteiger partial charge on any atom is -0.497 e. The van der Waals surface area contributed by atoms with E-state index in [4.69, 9.17) is 15.2 Å². The van der Waals surface area contributed by atoms with Crippen molar-refractivity contribution >= 4 is 0 Å². The van der Waals surface area contributed by atoms with Crippen molar-refractivity contribution in [1.29, 1.82) is 0 Å². The van der Waals surface area contributed by atoms with Crippen molar-refractivity contribution in [3.8, 4) is 11.5 Å². The average Bonchev–Trinajstić information content (AvgIpc) is 2.59. The monoisotopic (exact) mass is 329 g/mol. The van der Waals surface area contributed by atoms with E-state index >= 15 is 0 Å². The van der Waals surface area contributed by atoms with Crippen molar-refractivity contribution in [2.45, 2.75) is 32.4 Å². The maximum atomic E-state index is 11.8. The van der Waals surface area contributed by atoms with Crippen molar-refractivity contribution < 1.29 is 14.6 Å². The van der Waals surface area contributed by atoms with E-state index in [1.165, 1.54) is 0 Å². The molecule has 0 saturated carbocycles. The maximum Gasteiger partial charge on any atom is 0.130 e. The fourth-order valence-corrected chi connectivity index (χ4v) is 2.87. The number of aliphatic hydroxyl groups is 1. The zero-order valence-electron chi connectivity index (χ0n) is 15.0. The van der Waals surface area contributed by atoms with Crippen molar-refractivity contribution in [1.82, 2.24) is 0 Å². The molecule has 2 aromatic carbocycles. The molecule has 3 N–H and O–H groups in total. The zero-order chi connectivity index (χ0) is 18.0. The van der Waals surface area contributed by atoms with Crippen LogP contribution in [0.4, 0.5) is 0 Å². The predicted molar refractivity (Wildman–Crippen MR) is 96.4 cm³/mol. The van der Waals surface area contributed by atoms with Gasteiger partial charge in [0, 0.05) is 6.04 Å². The molecule has 4 nitrogen and oxygen atoms in total. The molecule has 130 valence electrons. The molecule has 24 heavy (non-hydrogen) atoms. The summed E-state index contributed by atoms with van der Waals surface area (Å²) in [6, 6.07) is 14.3. The Bertz CT molecular complexity index is 644. The zero-order valence-corrected chi connectivity index (χ0v) is 15.0. The lowest BCUT2D eigenvalue weighted by atomic mass is 9.70. The summed E-state index contributed by atoms with van der Waals surface area (Å²) in [5, 5.41) is 11.8. The van der Waals surface area contributed by atoms with Crippen LogP contribution in [0.2, 0.25) is 0 Å². The van der Waals surface area contributed by atoms with E-state index in [9.17, 15) is 5.11 Å². The lowest BCUT2D eigenvalue weighted by Crippen LogP contribution is -2.53. The van der Waals surface area contributed by atoms with Gasteiger partial charge in [-0.2, -0.15) is 0 Å². The molecule has 4 heteroatoms. The molecule has 0 radical (unpaired) electrons. The second-order valence-electron chi connectivity index (χ2n) is 7.07. The molecule has 2 rings (SSSR count). The van der Waals surface area contributed by atoms with Crippen LogP contribution in [0.3, 0.4) is 0 Å². The number of benzene rings is 2. The topological polar surface area (TPSA) is 64.7 Å². The minimum atomic E-state index is -1.37. The quantitative estimate of drug-likeness (QED) is 0.883. The van der Waals surface area contributed by atoms with Gasteiger partial charge in [-0.05, 0) is 40.8 Å². The van der Waals surface area contributed by atoms with Gasteiger partial charge in [0.05, 0.1) is 14.2 Å². The summed E-state index contributed by atoms with van der Waals surface area (Å²) in [4.78, 5) is 0. The summed E-state index contributed by atoms with van der Waals surface area (Å²) < 4.78 is 10.6. The van der Waals surface area contributed by atoms with Crippen LogP contribution < -0.4 is 15.2 Å². The third-order valence-corrected chi connectivity index (χ3v) is 4.40. The molecule has 0 amide bonds. The number of ether oxygens (including phenoxy) is 2. The van der Waals surface area contributed by atoms with E-state index in [1.807, 2.05) is 69.3 Å². The Hall–Kier alpha value is -2.04. The van der Waals surface area contributed by atoms with Gasteiger partial charge in [-0.25, -0.2) is 0 Å². The number of hydrogen-bond acceptors (Lipinski definition) is 4. The highest BCUT2D eigenvalue weighted by atomic mass is 16.5. The predicted octanol–water partition coefficient (Wildman–Crippen LogP) is 3.31. The first-order valence-electron chi connectivity index (χ1n) is 8.00. The van der Waals surface area contributed by atoms with Crippen LogP contribution in [-0.2, 0) is 5.60 Å². The van der Waals surface area contributed by atoms with Crippen molar-refractivity contribution in [2.75, 3.05) is 14.2 Å². The Morgan fingerprint density at radius 2 is 1.29 bits per heavy atom. The largest absolute Gasteiger partial charge is 0.497 e.